The van der Waals surface area contributed by atoms with Crippen molar-refractivity contribution >= 4 is 12.0 Å². The van der Waals surface area contributed by atoms with Crippen molar-refractivity contribution in [2.24, 2.45) is 0 Å². The number of benzene rings is 2. The second-order valence-corrected chi connectivity index (χ2v) is 6.81. The molecule has 0 aliphatic carbocycles. The highest BCUT2D eigenvalue weighted by molar-refractivity contribution is 5.87. The monoisotopic (exact) mass is 434 g/mol. The molecule has 2 aromatic rings. The van der Waals surface area contributed by atoms with Crippen molar-refractivity contribution in [3.8, 4) is 23.0 Å². The number of hydrogen-bond donors (Lipinski definition) is 6. The number of carbonyl (C=O) groups excluding carboxylic acids is 1. The SMILES string of the molecule is O=C(/C=C/c1ccc(O)c(O)c1)OC[C@H]1O[C@@H](Oc2ccccc2O)[C@H](O)[C@@H](O)[C@@H]1O. The molecular formula is C21H22O10. The minimum absolute atomic E-state index is 0.00836. The summed E-state index contributed by atoms with van der Waals surface area (Å²) in [5, 5.41) is 58.8. The van der Waals surface area contributed by atoms with Gasteiger partial charge in [0.1, 0.15) is 31.0 Å². The number of aromatic hydroxyl groups is 3. The van der Waals surface area contributed by atoms with Gasteiger partial charge in [-0.2, -0.15) is 0 Å². The van der Waals surface area contributed by atoms with Crippen molar-refractivity contribution in [1.82, 2.24) is 0 Å². The van der Waals surface area contributed by atoms with Gasteiger partial charge in [0.25, 0.3) is 0 Å². The van der Waals surface area contributed by atoms with Crippen molar-refractivity contribution in [3.05, 3.63) is 54.1 Å². The number of carbonyl (C=O) groups is 1. The summed E-state index contributed by atoms with van der Waals surface area (Å²) in [6.45, 7) is -0.463. The maximum Gasteiger partial charge on any atom is 0.330 e. The predicted octanol–water partition coefficient (Wildman–Crippen LogP) is 0.246. The van der Waals surface area contributed by atoms with Crippen LogP contribution >= 0.6 is 0 Å². The van der Waals surface area contributed by atoms with Crippen molar-refractivity contribution in [1.29, 1.82) is 0 Å². The maximum absolute atomic E-state index is 11.9. The highest BCUT2D eigenvalue weighted by atomic mass is 16.7. The molecule has 5 atom stereocenters. The molecule has 3 rings (SSSR count). The maximum atomic E-state index is 11.9. The number of hydrogen-bond acceptors (Lipinski definition) is 10. The van der Waals surface area contributed by atoms with Gasteiger partial charge in [0.15, 0.2) is 23.0 Å². The van der Waals surface area contributed by atoms with E-state index in [2.05, 4.69) is 0 Å². The third kappa shape index (κ3) is 5.44. The van der Waals surface area contributed by atoms with Crippen LogP contribution in [0.2, 0.25) is 0 Å². The molecule has 2 aromatic carbocycles. The molecule has 0 radical (unpaired) electrons. The van der Waals surface area contributed by atoms with E-state index in [4.69, 9.17) is 14.2 Å². The zero-order chi connectivity index (χ0) is 22.5. The lowest BCUT2D eigenvalue weighted by Gasteiger charge is -2.39. The van der Waals surface area contributed by atoms with Crippen LogP contribution < -0.4 is 4.74 Å². The molecule has 1 saturated heterocycles. The van der Waals surface area contributed by atoms with E-state index in [0.29, 0.717) is 5.56 Å². The van der Waals surface area contributed by atoms with Crippen LogP contribution in [0.25, 0.3) is 6.08 Å². The molecule has 31 heavy (non-hydrogen) atoms. The molecule has 1 fully saturated rings. The molecular weight excluding hydrogens is 412 g/mol. The molecule has 166 valence electrons. The van der Waals surface area contributed by atoms with E-state index in [1.54, 1.807) is 12.1 Å². The summed E-state index contributed by atoms with van der Waals surface area (Å²) in [6, 6.07) is 9.88. The Bertz CT molecular complexity index is 944. The molecule has 6 N–H and O–H groups in total. The van der Waals surface area contributed by atoms with Gasteiger partial charge in [-0.05, 0) is 35.9 Å². The van der Waals surface area contributed by atoms with Crippen LogP contribution in [-0.4, -0.2) is 73.9 Å². The van der Waals surface area contributed by atoms with Gasteiger partial charge in [-0.15, -0.1) is 0 Å². The van der Waals surface area contributed by atoms with Gasteiger partial charge in [-0.1, -0.05) is 18.2 Å². The molecule has 0 amide bonds. The fourth-order valence-corrected chi connectivity index (χ4v) is 2.85. The van der Waals surface area contributed by atoms with Crippen LogP contribution in [0.5, 0.6) is 23.0 Å². The van der Waals surface area contributed by atoms with Gasteiger partial charge in [0.2, 0.25) is 6.29 Å². The first-order valence-corrected chi connectivity index (χ1v) is 9.27. The number of phenolic OH excluding ortho intramolecular Hbond substituents is 3. The fraction of sp³-hybridized carbons (Fsp3) is 0.286. The van der Waals surface area contributed by atoms with E-state index in [1.807, 2.05) is 0 Å². The Balaban J connectivity index is 1.60. The number of para-hydroxylation sites is 2. The number of ether oxygens (including phenoxy) is 3. The lowest BCUT2D eigenvalue weighted by Crippen LogP contribution is -2.60. The largest absolute Gasteiger partial charge is 0.504 e. The quantitative estimate of drug-likeness (QED) is 0.211. The minimum Gasteiger partial charge on any atom is -0.504 e. The summed E-state index contributed by atoms with van der Waals surface area (Å²) in [5.41, 5.74) is 0.427. The van der Waals surface area contributed by atoms with Crippen LogP contribution in [0, 0.1) is 0 Å². The smallest absolute Gasteiger partial charge is 0.330 e. The van der Waals surface area contributed by atoms with Crippen molar-refractivity contribution in [2.75, 3.05) is 6.61 Å². The molecule has 0 saturated carbocycles. The number of aliphatic hydroxyl groups excluding tert-OH is 3. The number of esters is 1. The summed E-state index contributed by atoms with van der Waals surface area (Å²) >= 11 is 0. The Morgan fingerprint density at radius 3 is 2.39 bits per heavy atom. The van der Waals surface area contributed by atoms with E-state index in [1.165, 1.54) is 36.4 Å². The minimum atomic E-state index is -1.65. The molecule has 0 spiro atoms. The summed E-state index contributed by atoms with van der Waals surface area (Å²) in [6.07, 6.45) is -5.10. The summed E-state index contributed by atoms with van der Waals surface area (Å²) in [5.74, 6) is -1.68. The summed E-state index contributed by atoms with van der Waals surface area (Å²) in [4.78, 5) is 11.9. The molecule has 1 aliphatic rings. The third-order valence-electron chi connectivity index (χ3n) is 4.58. The Kier molecular flexibility index (Phi) is 6.98. The third-order valence-corrected chi connectivity index (χ3v) is 4.58. The first-order valence-electron chi connectivity index (χ1n) is 9.27. The molecule has 1 aliphatic heterocycles. The number of phenols is 3. The molecule has 0 unspecified atom stereocenters. The molecule has 0 bridgehead atoms. The molecule has 10 heteroatoms. The van der Waals surface area contributed by atoms with E-state index < -0.39 is 43.3 Å². The highest BCUT2D eigenvalue weighted by Gasteiger charge is 2.45. The second kappa shape index (κ2) is 9.67. The lowest BCUT2D eigenvalue weighted by atomic mass is 9.99. The van der Waals surface area contributed by atoms with Crippen molar-refractivity contribution < 1.29 is 49.6 Å². The normalized spacial score (nSPS) is 26.0. The topological polar surface area (TPSA) is 166 Å². The highest BCUT2D eigenvalue weighted by Crippen LogP contribution is 2.30. The first kappa shape index (κ1) is 22.4. The van der Waals surface area contributed by atoms with E-state index in [0.717, 1.165) is 6.08 Å². The zero-order valence-corrected chi connectivity index (χ0v) is 16.1. The van der Waals surface area contributed by atoms with Gasteiger partial charge in [-0.3, -0.25) is 0 Å². The van der Waals surface area contributed by atoms with Gasteiger partial charge in [-0.25, -0.2) is 4.79 Å². The van der Waals surface area contributed by atoms with Crippen LogP contribution in [-0.2, 0) is 14.3 Å². The Morgan fingerprint density at radius 1 is 0.935 bits per heavy atom. The van der Waals surface area contributed by atoms with Gasteiger partial charge < -0.3 is 44.8 Å². The average molecular weight is 434 g/mol. The zero-order valence-electron chi connectivity index (χ0n) is 16.1. The van der Waals surface area contributed by atoms with E-state index in [9.17, 15) is 35.4 Å². The van der Waals surface area contributed by atoms with Crippen molar-refractivity contribution in [3.63, 3.8) is 0 Å². The lowest BCUT2D eigenvalue weighted by molar-refractivity contribution is -0.278. The van der Waals surface area contributed by atoms with E-state index >= 15 is 0 Å². The average Bonchev–Trinajstić information content (AvgIpc) is 2.75. The Morgan fingerprint density at radius 2 is 1.68 bits per heavy atom. The van der Waals surface area contributed by atoms with Crippen LogP contribution in [0.4, 0.5) is 0 Å². The van der Waals surface area contributed by atoms with Crippen LogP contribution in [0.15, 0.2) is 48.5 Å². The van der Waals surface area contributed by atoms with Crippen LogP contribution in [0.3, 0.4) is 0 Å². The van der Waals surface area contributed by atoms with Gasteiger partial charge >= 0.3 is 5.97 Å². The van der Waals surface area contributed by atoms with Gasteiger partial charge in [0, 0.05) is 6.08 Å². The molecule has 0 aromatic heterocycles. The van der Waals surface area contributed by atoms with Crippen LogP contribution in [0.1, 0.15) is 5.56 Å². The summed E-state index contributed by atoms with van der Waals surface area (Å²) in [7, 11) is 0. The second-order valence-electron chi connectivity index (χ2n) is 6.81. The number of aliphatic hydroxyl groups is 3. The standard InChI is InChI=1S/C21H22O10/c22-12-7-5-11(9-14(12)24)6-8-17(25)29-10-16-18(26)19(27)20(28)21(31-16)30-15-4-2-1-3-13(15)23/h1-9,16,18-24,26-28H,10H2/b8-6+/t16-,18-,19+,20-,21-/m1/s1. The van der Waals surface area contributed by atoms with Crippen molar-refractivity contribution in [2.45, 2.75) is 30.7 Å². The summed E-state index contributed by atoms with van der Waals surface area (Å²) < 4.78 is 15.8. The molecule has 10 nitrogen and oxygen atoms in total. The number of rotatable bonds is 6. The Labute approximate surface area is 176 Å². The Hall–Kier alpha value is -3.31. The fourth-order valence-electron chi connectivity index (χ4n) is 2.85. The predicted molar refractivity (Wildman–Crippen MR) is 105 cm³/mol. The van der Waals surface area contributed by atoms with Gasteiger partial charge in [0.05, 0.1) is 0 Å². The first-order chi connectivity index (χ1) is 14.8. The van der Waals surface area contributed by atoms with E-state index in [-0.39, 0.29) is 23.0 Å². The molecule has 1 heterocycles.